The van der Waals surface area contributed by atoms with Gasteiger partial charge in [0, 0.05) is 25.6 Å². The van der Waals surface area contributed by atoms with E-state index in [0.717, 1.165) is 11.1 Å². The van der Waals surface area contributed by atoms with E-state index in [1.807, 2.05) is 19.9 Å². The van der Waals surface area contributed by atoms with Gasteiger partial charge in [0.1, 0.15) is 22.0 Å². The Balaban J connectivity index is 1.97. The van der Waals surface area contributed by atoms with Crippen LogP contribution in [0.25, 0.3) is 0 Å². The molecule has 2 aromatic rings. The molecule has 0 radical (unpaired) electrons. The van der Waals surface area contributed by atoms with E-state index in [2.05, 4.69) is 5.16 Å². The van der Waals surface area contributed by atoms with Crippen LogP contribution >= 0.6 is 0 Å². The Hall–Kier alpha value is -1.86. The largest absolute Gasteiger partial charge is 0.486 e. The number of aromatic nitrogens is 1. The molecule has 3 rings (SSSR count). The molecule has 0 amide bonds. The summed E-state index contributed by atoms with van der Waals surface area (Å²) in [6.45, 7) is 7.70. The first kappa shape index (κ1) is 17.0. The summed E-state index contributed by atoms with van der Waals surface area (Å²) < 4.78 is 38.4. The van der Waals surface area contributed by atoms with Crippen molar-refractivity contribution in [3.8, 4) is 5.75 Å². The zero-order chi connectivity index (χ0) is 17.7. The third-order valence-corrected chi connectivity index (χ3v) is 6.13. The lowest BCUT2D eigenvalue weighted by Gasteiger charge is -2.21. The summed E-state index contributed by atoms with van der Waals surface area (Å²) in [7, 11) is -2.13. The highest BCUT2D eigenvalue weighted by molar-refractivity contribution is 7.89. The third-order valence-electron chi connectivity index (χ3n) is 4.31. The van der Waals surface area contributed by atoms with Crippen LogP contribution in [0, 0.1) is 13.8 Å². The van der Waals surface area contributed by atoms with E-state index in [9.17, 15) is 8.42 Å². The highest BCUT2D eigenvalue weighted by Gasteiger charge is 2.36. The summed E-state index contributed by atoms with van der Waals surface area (Å²) in [6, 6.07) is 5.27. The summed E-state index contributed by atoms with van der Waals surface area (Å²) in [5.41, 5.74) is 2.01. The fourth-order valence-electron chi connectivity index (χ4n) is 2.99. The molecule has 1 aliphatic rings. The van der Waals surface area contributed by atoms with Gasteiger partial charge in [0.15, 0.2) is 0 Å². The summed E-state index contributed by atoms with van der Waals surface area (Å²) in [5, 5.41) is 3.88. The van der Waals surface area contributed by atoms with Crippen LogP contribution < -0.4 is 4.74 Å². The van der Waals surface area contributed by atoms with Gasteiger partial charge in [-0.3, -0.25) is 0 Å². The first-order valence-corrected chi connectivity index (χ1v) is 9.25. The lowest BCUT2D eigenvalue weighted by atomic mass is 10.0. The molecule has 0 N–H and O–H groups in total. The quantitative estimate of drug-likeness (QED) is 0.848. The number of aryl methyl sites for hydroxylation is 2. The number of nitrogens with zero attached hydrogens (tertiary/aromatic N) is 2. The number of fused-ring (bicyclic) bond motifs is 1. The van der Waals surface area contributed by atoms with E-state index in [-0.39, 0.29) is 11.4 Å². The van der Waals surface area contributed by atoms with Crippen molar-refractivity contribution in [1.82, 2.24) is 9.46 Å². The van der Waals surface area contributed by atoms with E-state index in [0.29, 0.717) is 23.6 Å². The molecule has 24 heavy (non-hydrogen) atoms. The summed E-state index contributed by atoms with van der Waals surface area (Å²) in [5.74, 6) is 1.10. The van der Waals surface area contributed by atoms with Gasteiger partial charge in [0.2, 0.25) is 10.0 Å². The van der Waals surface area contributed by atoms with Crippen molar-refractivity contribution in [3.05, 3.63) is 40.8 Å². The average molecular weight is 350 g/mol. The molecule has 1 aromatic heterocycles. The maximum absolute atomic E-state index is 13.0. The second-order valence-electron chi connectivity index (χ2n) is 6.85. The van der Waals surface area contributed by atoms with Crippen molar-refractivity contribution < 1.29 is 17.7 Å². The fraction of sp³-hybridized carbons (Fsp3) is 0.471. The molecular formula is C17H22N2O4S. The van der Waals surface area contributed by atoms with E-state index in [1.54, 1.807) is 33.0 Å². The molecule has 0 spiro atoms. The van der Waals surface area contributed by atoms with Crippen LogP contribution in [-0.2, 0) is 23.0 Å². The van der Waals surface area contributed by atoms with Crippen LogP contribution in [0.4, 0.5) is 0 Å². The van der Waals surface area contributed by atoms with Gasteiger partial charge in [0.25, 0.3) is 0 Å². The minimum absolute atomic E-state index is 0.205. The Morgan fingerprint density at radius 1 is 1.29 bits per heavy atom. The molecule has 7 heteroatoms. The van der Waals surface area contributed by atoms with Gasteiger partial charge < -0.3 is 9.26 Å². The third kappa shape index (κ3) is 2.82. The van der Waals surface area contributed by atoms with Gasteiger partial charge in [-0.1, -0.05) is 17.3 Å². The summed E-state index contributed by atoms with van der Waals surface area (Å²) in [6.07, 6.45) is 0.694. The topological polar surface area (TPSA) is 72.6 Å². The Bertz CT molecular complexity index is 864. The number of para-hydroxylation sites is 1. The number of benzene rings is 1. The maximum atomic E-state index is 13.0. The van der Waals surface area contributed by atoms with Crippen molar-refractivity contribution in [2.75, 3.05) is 7.05 Å². The highest BCUT2D eigenvalue weighted by Crippen LogP contribution is 2.40. The van der Waals surface area contributed by atoms with E-state index < -0.39 is 15.6 Å². The predicted octanol–water partition coefficient (Wildman–Crippen LogP) is 2.83. The van der Waals surface area contributed by atoms with Gasteiger partial charge in [0.05, 0.1) is 5.69 Å². The lowest BCUT2D eigenvalue weighted by molar-refractivity contribution is 0.135. The molecule has 0 saturated heterocycles. The minimum Gasteiger partial charge on any atom is -0.486 e. The van der Waals surface area contributed by atoms with Crippen molar-refractivity contribution in [1.29, 1.82) is 0 Å². The van der Waals surface area contributed by atoms with Gasteiger partial charge >= 0.3 is 0 Å². The van der Waals surface area contributed by atoms with Gasteiger partial charge in [-0.15, -0.1) is 0 Å². The Kier molecular flexibility index (Phi) is 3.96. The molecule has 2 heterocycles. The maximum Gasteiger partial charge on any atom is 0.246 e. The second kappa shape index (κ2) is 5.60. The molecule has 0 aliphatic carbocycles. The van der Waals surface area contributed by atoms with Crippen molar-refractivity contribution in [2.45, 2.75) is 51.2 Å². The van der Waals surface area contributed by atoms with Crippen LogP contribution in [0.2, 0.25) is 0 Å². The molecular weight excluding hydrogens is 328 g/mol. The molecule has 0 saturated carbocycles. The summed E-state index contributed by atoms with van der Waals surface area (Å²) in [4.78, 5) is 0.208. The van der Waals surface area contributed by atoms with Gasteiger partial charge in [-0.05, 0) is 39.3 Å². The molecule has 0 fully saturated rings. The molecule has 6 nitrogen and oxygen atoms in total. The zero-order valence-electron chi connectivity index (χ0n) is 14.6. The van der Waals surface area contributed by atoms with Gasteiger partial charge in [-0.25, -0.2) is 8.42 Å². The first-order valence-electron chi connectivity index (χ1n) is 7.81. The monoisotopic (exact) mass is 350 g/mol. The number of rotatable bonds is 4. The zero-order valence-corrected chi connectivity index (χ0v) is 15.4. The van der Waals surface area contributed by atoms with E-state index in [1.165, 1.54) is 4.31 Å². The molecule has 130 valence electrons. The number of hydrogen-bond acceptors (Lipinski definition) is 5. The van der Waals surface area contributed by atoms with Gasteiger partial charge in [-0.2, -0.15) is 4.31 Å². The Morgan fingerprint density at radius 3 is 2.62 bits per heavy atom. The summed E-state index contributed by atoms with van der Waals surface area (Å²) >= 11 is 0. The van der Waals surface area contributed by atoms with Crippen LogP contribution in [0.15, 0.2) is 27.6 Å². The van der Waals surface area contributed by atoms with Crippen LogP contribution in [0.5, 0.6) is 5.75 Å². The molecule has 0 unspecified atom stereocenters. The smallest absolute Gasteiger partial charge is 0.246 e. The van der Waals surface area contributed by atoms with Crippen molar-refractivity contribution in [3.63, 3.8) is 0 Å². The predicted molar refractivity (Wildman–Crippen MR) is 89.5 cm³/mol. The first-order chi connectivity index (χ1) is 11.1. The lowest BCUT2D eigenvalue weighted by Crippen LogP contribution is -2.28. The highest BCUT2D eigenvalue weighted by atomic mass is 32.2. The second-order valence-corrected chi connectivity index (χ2v) is 8.86. The normalized spacial score (nSPS) is 16.2. The van der Waals surface area contributed by atoms with E-state index in [4.69, 9.17) is 9.26 Å². The fourth-order valence-corrected chi connectivity index (χ4v) is 4.29. The number of hydrogen-bond donors (Lipinski definition) is 0. The van der Waals surface area contributed by atoms with Crippen LogP contribution in [0.1, 0.15) is 36.4 Å². The number of ether oxygens (including phenoxy) is 1. The van der Waals surface area contributed by atoms with Crippen LogP contribution in [0.3, 0.4) is 0 Å². The van der Waals surface area contributed by atoms with Crippen molar-refractivity contribution in [2.24, 2.45) is 0 Å². The SMILES string of the molecule is Cc1noc(C)c1CN(C)S(=O)(=O)c1cccc2c1OC(C)(C)C2. The number of sulfonamides is 1. The van der Waals surface area contributed by atoms with Crippen molar-refractivity contribution >= 4 is 10.0 Å². The van der Waals surface area contributed by atoms with Crippen LogP contribution in [-0.4, -0.2) is 30.5 Å². The molecule has 0 atom stereocenters. The Labute approximate surface area is 142 Å². The van der Waals surface area contributed by atoms with E-state index >= 15 is 0 Å². The molecule has 0 bridgehead atoms. The molecule has 1 aromatic carbocycles. The standard InChI is InChI=1S/C17H22N2O4S/c1-11-14(12(2)23-18-11)10-19(5)24(20,21)15-8-6-7-13-9-17(3,4)22-16(13)15/h6-8H,9-10H2,1-5H3. The average Bonchev–Trinajstić information content (AvgIpc) is 2.97. The minimum atomic E-state index is -3.69. The molecule has 1 aliphatic heterocycles. The Morgan fingerprint density at radius 2 is 2.00 bits per heavy atom.